The highest BCUT2D eigenvalue weighted by Crippen LogP contribution is 2.24. The maximum absolute atomic E-state index is 13.3. The zero-order valence-corrected chi connectivity index (χ0v) is 19.8. The number of ether oxygens (including phenoxy) is 1. The Morgan fingerprint density at radius 2 is 1.92 bits per heavy atom. The lowest BCUT2D eigenvalue weighted by molar-refractivity contribution is -0.111. The summed E-state index contributed by atoms with van der Waals surface area (Å²) in [7, 11) is 1.59. The molecule has 1 amide bonds. The summed E-state index contributed by atoms with van der Waals surface area (Å²) in [5.74, 6) is 1.08. The fourth-order valence-corrected chi connectivity index (χ4v) is 4.03. The molecule has 0 aliphatic rings. The minimum Gasteiger partial charge on any atom is -0.496 e. The van der Waals surface area contributed by atoms with Crippen LogP contribution in [0.15, 0.2) is 78.9 Å². The van der Waals surface area contributed by atoms with E-state index in [0.717, 1.165) is 33.4 Å². The largest absolute Gasteiger partial charge is 0.496 e. The van der Waals surface area contributed by atoms with E-state index in [2.05, 4.69) is 15.4 Å². The number of anilines is 1. The minimum absolute atomic E-state index is 0.264. The second kappa shape index (κ2) is 9.87. The second-order valence-corrected chi connectivity index (χ2v) is 8.32. The van der Waals surface area contributed by atoms with Gasteiger partial charge in [0, 0.05) is 17.7 Å². The Morgan fingerprint density at radius 3 is 2.72 bits per heavy atom. The topological polar surface area (TPSA) is 84.8 Å². The molecule has 5 aromatic rings. The van der Waals surface area contributed by atoms with Gasteiger partial charge in [0.15, 0.2) is 0 Å². The highest BCUT2D eigenvalue weighted by atomic mass is 19.1. The first-order chi connectivity index (χ1) is 17.5. The molecule has 5 rings (SSSR count). The van der Waals surface area contributed by atoms with Crippen LogP contribution in [0.2, 0.25) is 0 Å². The highest BCUT2D eigenvalue weighted by Gasteiger charge is 2.15. The third kappa shape index (κ3) is 4.88. The maximum atomic E-state index is 13.3. The van der Waals surface area contributed by atoms with Crippen LogP contribution in [-0.2, 0) is 11.2 Å². The standard InChI is InChI=1S/C28H24FN5O2/c1-18-16-25(31-26(35)15-12-20-6-3-4-9-24(20)36-2)34(33-18)28-30-23-8-5-7-21(27(23)32-28)17-19-10-13-22(29)14-11-19/h3-16H,17H2,1-2H3,(H,30,32)(H,31,35). The Kier molecular flexibility index (Phi) is 6.32. The van der Waals surface area contributed by atoms with Gasteiger partial charge in [0.05, 0.1) is 23.8 Å². The second-order valence-electron chi connectivity index (χ2n) is 8.32. The monoisotopic (exact) mass is 481 g/mol. The van der Waals surface area contributed by atoms with Gasteiger partial charge in [0.25, 0.3) is 0 Å². The lowest BCUT2D eigenvalue weighted by Crippen LogP contribution is -2.13. The summed E-state index contributed by atoms with van der Waals surface area (Å²) in [4.78, 5) is 20.8. The van der Waals surface area contributed by atoms with E-state index in [9.17, 15) is 9.18 Å². The molecule has 2 N–H and O–H groups in total. The van der Waals surface area contributed by atoms with Gasteiger partial charge in [-0.2, -0.15) is 9.78 Å². The summed E-state index contributed by atoms with van der Waals surface area (Å²) in [5.41, 5.74) is 5.13. The van der Waals surface area contributed by atoms with Gasteiger partial charge in [-0.3, -0.25) is 4.79 Å². The third-order valence-electron chi connectivity index (χ3n) is 5.73. The van der Waals surface area contributed by atoms with Crippen molar-refractivity contribution in [3.05, 3.63) is 107 Å². The summed E-state index contributed by atoms with van der Waals surface area (Å²) in [6.07, 6.45) is 3.76. The summed E-state index contributed by atoms with van der Waals surface area (Å²) in [5, 5.41) is 7.40. The van der Waals surface area contributed by atoms with Crippen molar-refractivity contribution in [1.82, 2.24) is 19.7 Å². The van der Waals surface area contributed by atoms with Crippen LogP contribution >= 0.6 is 0 Å². The number of H-pyrrole nitrogens is 1. The molecule has 36 heavy (non-hydrogen) atoms. The molecule has 3 aromatic carbocycles. The Labute approximate surface area is 207 Å². The molecule has 0 saturated heterocycles. The quantitative estimate of drug-likeness (QED) is 0.303. The summed E-state index contributed by atoms with van der Waals surface area (Å²) >= 11 is 0. The van der Waals surface area contributed by atoms with Gasteiger partial charge >= 0.3 is 0 Å². The number of fused-ring (bicyclic) bond motifs is 1. The number of halogens is 1. The zero-order valence-electron chi connectivity index (χ0n) is 19.8. The molecule has 0 spiro atoms. The summed E-state index contributed by atoms with van der Waals surface area (Å²) < 4.78 is 20.2. The smallest absolute Gasteiger partial charge is 0.249 e. The molecule has 2 heterocycles. The van der Waals surface area contributed by atoms with Gasteiger partial charge < -0.3 is 15.0 Å². The number of hydrogen-bond acceptors (Lipinski definition) is 4. The van der Waals surface area contributed by atoms with Gasteiger partial charge in [-0.15, -0.1) is 0 Å². The number of aryl methyl sites for hydroxylation is 1. The number of para-hydroxylation sites is 2. The van der Waals surface area contributed by atoms with Crippen molar-refractivity contribution in [3.8, 4) is 11.7 Å². The van der Waals surface area contributed by atoms with E-state index in [-0.39, 0.29) is 11.7 Å². The number of rotatable bonds is 7. The van der Waals surface area contributed by atoms with Gasteiger partial charge in [-0.25, -0.2) is 9.37 Å². The van der Waals surface area contributed by atoms with Crippen molar-refractivity contribution in [2.75, 3.05) is 12.4 Å². The molecule has 0 radical (unpaired) electrons. The van der Waals surface area contributed by atoms with Crippen LogP contribution in [0.25, 0.3) is 23.1 Å². The number of carbonyl (C=O) groups excluding carboxylic acids is 1. The average Bonchev–Trinajstić information content (AvgIpc) is 3.48. The van der Waals surface area contributed by atoms with Crippen molar-refractivity contribution in [2.24, 2.45) is 0 Å². The minimum atomic E-state index is -0.310. The molecule has 180 valence electrons. The molecular weight excluding hydrogens is 457 g/mol. The number of nitrogens with one attached hydrogen (secondary N) is 2. The number of nitrogens with zero attached hydrogens (tertiary/aromatic N) is 3. The van der Waals surface area contributed by atoms with Crippen molar-refractivity contribution < 1.29 is 13.9 Å². The van der Waals surface area contributed by atoms with Crippen LogP contribution in [0.5, 0.6) is 5.75 Å². The van der Waals surface area contributed by atoms with Crippen LogP contribution in [0, 0.1) is 12.7 Å². The van der Waals surface area contributed by atoms with Gasteiger partial charge in [0.2, 0.25) is 11.9 Å². The van der Waals surface area contributed by atoms with Crippen LogP contribution in [0.3, 0.4) is 0 Å². The average molecular weight is 482 g/mol. The Balaban J connectivity index is 1.41. The predicted octanol–water partition coefficient (Wildman–Crippen LogP) is 5.45. The fraction of sp³-hybridized carbons (Fsp3) is 0.107. The van der Waals surface area contributed by atoms with Crippen molar-refractivity contribution in [1.29, 1.82) is 0 Å². The summed E-state index contributed by atoms with van der Waals surface area (Å²) in [6, 6.07) is 21.6. The number of hydrogen-bond donors (Lipinski definition) is 2. The van der Waals surface area contributed by atoms with E-state index in [4.69, 9.17) is 9.72 Å². The summed E-state index contributed by atoms with van der Waals surface area (Å²) in [6.45, 7) is 1.85. The molecule has 0 fully saturated rings. The fourth-order valence-electron chi connectivity index (χ4n) is 4.03. The molecule has 0 unspecified atom stereocenters. The molecule has 7 nitrogen and oxygen atoms in total. The van der Waals surface area contributed by atoms with E-state index in [1.54, 1.807) is 36.1 Å². The molecule has 8 heteroatoms. The number of amides is 1. The molecule has 2 aromatic heterocycles. The number of methoxy groups -OCH3 is 1. The first-order valence-electron chi connectivity index (χ1n) is 11.4. The normalized spacial score (nSPS) is 11.3. The molecule has 0 aliphatic heterocycles. The van der Waals surface area contributed by atoms with E-state index in [1.807, 2.05) is 49.4 Å². The van der Waals surface area contributed by atoms with Gasteiger partial charge in [0.1, 0.15) is 17.4 Å². The lowest BCUT2D eigenvalue weighted by Gasteiger charge is -2.05. The van der Waals surface area contributed by atoms with Crippen LogP contribution < -0.4 is 10.1 Å². The maximum Gasteiger partial charge on any atom is 0.249 e. The lowest BCUT2D eigenvalue weighted by atomic mass is 10.0. The van der Waals surface area contributed by atoms with Crippen LogP contribution in [0.1, 0.15) is 22.4 Å². The van der Waals surface area contributed by atoms with Gasteiger partial charge in [-0.1, -0.05) is 42.5 Å². The first kappa shape index (κ1) is 23.0. The van der Waals surface area contributed by atoms with Crippen molar-refractivity contribution >= 4 is 28.8 Å². The van der Waals surface area contributed by atoms with Crippen LogP contribution in [-0.4, -0.2) is 32.8 Å². The van der Waals surface area contributed by atoms with Gasteiger partial charge in [-0.05, 0) is 54.8 Å². The van der Waals surface area contributed by atoms with Crippen LogP contribution in [0.4, 0.5) is 10.2 Å². The zero-order chi connectivity index (χ0) is 25.1. The Bertz CT molecular complexity index is 1570. The SMILES string of the molecule is COc1ccccc1C=CC(=O)Nc1cc(C)nn1-c1nc2c(Cc3ccc(F)cc3)cccc2[nH]1. The van der Waals surface area contributed by atoms with E-state index in [0.29, 0.717) is 23.9 Å². The third-order valence-corrected chi connectivity index (χ3v) is 5.73. The highest BCUT2D eigenvalue weighted by molar-refractivity contribution is 6.01. The van der Waals surface area contributed by atoms with E-state index in [1.165, 1.54) is 18.2 Å². The number of aromatic amines is 1. The number of aromatic nitrogens is 4. The molecule has 0 aliphatic carbocycles. The van der Waals surface area contributed by atoms with E-state index >= 15 is 0 Å². The molecule has 0 atom stereocenters. The van der Waals surface area contributed by atoms with E-state index < -0.39 is 0 Å². The number of imidazole rings is 1. The molecule has 0 saturated carbocycles. The predicted molar refractivity (Wildman–Crippen MR) is 138 cm³/mol. The Morgan fingerprint density at radius 1 is 1.11 bits per heavy atom. The molecule has 0 bridgehead atoms. The number of carbonyl (C=O) groups is 1. The molecular formula is C28H24FN5O2. The first-order valence-corrected chi connectivity index (χ1v) is 11.4. The van der Waals surface area contributed by atoms with Crippen molar-refractivity contribution in [3.63, 3.8) is 0 Å². The Hall–Kier alpha value is -4.72. The number of benzene rings is 3. The van der Waals surface area contributed by atoms with Crippen molar-refractivity contribution in [2.45, 2.75) is 13.3 Å².